The highest BCUT2D eigenvalue weighted by Crippen LogP contribution is 2.21. The Morgan fingerprint density at radius 3 is 2.38 bits per heavy atom. The molecule has 2 aliphatic rings. The Balaban J connectivity index is 1.88. The molecule has 1 N–H and O–H groups in total. The zero-order valence-electron chi connectivity index (χ0n) is 14.2. The quantitative estimate of drug-likeness (QED) is 0.847. The average Bonchev–Trinajstić information content (AvgIpc) is 2.75. The molecule has 2 aliphatic heterocycles. The molecule has 3 atom stereocenters. The Morgan fingerprint density at radius 2 is 1.81 bits per heavy atom. The third kappa shape index (κ3) is 4.85. The number of rotatable bonds is 2. The summed E-state index contributed by atoms with van der Waals surface area (Å²) < 4.78 is 5.53. The Hall–Kier alpha value is -0.810. The van der Waals surface area contributed by atoms with Gasteiger partial charge >= 0.3 is 6.09 Å². The first kappa shape index (κ1) is 16.6. The first-order chi connectivity index (χ1) is 9.74. The highest BCUT2D eigenvalue weighted by molar-refractivity contribution is 5.68. The number of carbonyl (C=O) groups is 1. The van der Waals surface area contributed by atoms with E-state index >= 15 is 0 Å². The molecule has 2 fully saturated rings. The van der Waals surface area contributed by atoms with E-state index in [1.807, 2.05) is 25.7 Å². The number of likely N-dealkylation sites (tertiary alicyclic amines) is 2. The summed E-state index contributed by atoms with van der Waals surface area (Å²) >= 11 is 0. The van der Waals surface area contributed by atoms with E-state index in [4.69, 9.17) is 4.74 Å². The zero-order valence-corrected chi connectivity index (χ0v) is 14.2. The van der Waals surface area contributed by atoms with Crippen LogP contribution in [0.5, 0.6) is 0 Å². The molecule has 5 nitrogen and oxygen atoms in total. The van der Waals surface area contributed by atoms with Crippen LogP contribution in [0.4, 0.5) is 4.79 Å². The largest absolute Gasteiger partial charge is 0.444 e. The predicted octanol–water partition coefficient (Wildman–Crippen LogP) is 2.07. The van der Waals surface area contributed by atoms with Crippen molar-refractivity contribution >= 4 is 6.09 Å². The summed E-state index contributed by atoms with van der Waals surface area (Å²) in [7, 11) is 2.16. The number of amides is 1. The molecule has 0 bridgehead atoms. The van der Waals surface area contributed by atoms with Gasteiger partial charge in [-0.05, 0) is 60.5 Å². The summed E-state index contributed by atoms with van der Waals surface area (Å²) in [6.07, 6.45) is 3.21. The topological polar surface area (TPSA) is 44.8 Å². The maximum Gasteiger partial charge on any atom is 0.410 e. The van der Waals surface area contributed by atoms with E-state index in [0.717, 1.165) is 32.5 Å². The highest BCUT2D eigenvalue weighted by Gasteiger charge is 2.33. The molecule has 2 rings (SSSR count). The second-order valence-electron chi connectivity index (χ2n) is 7.67. The van der Waals surface area contributed by atoms with E-state index in [-0.39, 0.29) is 12.1 Å². The van der Waals surface area contributed by atoms with Gasteiger partial charge < -0.3 is 19.9 Å². The number of hydrogen-bond acceptors (Lipinski definition) is 4. The van der Waals surface area contributed by atoms with Crippen molar-refractivity contribution < 1.29 is 9.53 Å². The van der Waals surface area contributed by atoms with E-state index in [0.29, 0.717) is 12.1 Å². The van der Waals surface area contributed by atoms with Crippen molar-refractivity contribution in [3.8, 4) is 0 Å². The fourth-order valence-electron chi connectivity index (χ4n) is 3.22. The molecule has 21 heavy (non-hydrogen) atoms. The number of nitrogens with zero attached hydrogens (tertiary/aromatic N) is 2. The number of likely N-dealkylation sites (N-methyl/N-ethyl adjacent to an activating group) is 1. The van der Waals surface area contributed by atoms with Crippen molar-refractivity contribution in [1.29, 1.82) is 0 Å². The van der Waals surface area contributed by atoms with Gasteiger partial charge in [0.15, 0.2) is 0 Å². The smallest absolute Gasteiger partial charge is 0.410 e. The highest BCUT2D eigenvalue weighted by atomic mass is 16.6. The van der Waals surface area contributed by atoms with E-state index in [2.05, 4.69) is 24.2 Å². The monoisotopic (exact) mass is 297 g/mol. The first-order valence-corrected chi connectivity index (χ1v) is 8.19. The van der Waals surface area contributed by atoms with Crippen LogP contribution >= 0.6 is 0 Å². The van der Waals surface area contributed by atoms with Gasteiger partial charge in [-0.1, -0.05) is 0 Å². The van der Waals surface area contributed by atoms with E-state index in [1.165, 1.54) is 6.42 Å². The van der Waals surface area contributed by atoms with Gasteiger partial charge in [-0.25, -0.2) is 4.79 Å². The summed E-state index contributed by atoms with van der Waals surface area (Å²) in [4.78, 5) is 16.6. The Labute approximate surface area is 129 Å². The van der Waals surface area contributed by atoms with Gasteiger partial charge in [0.1, 0.15) is 5.60 Å². The standard InChI is InChI=1S/C16H31N3O2/c1-12-6-7-13(17-14-8-9-18(5)10-14)11-19(12)15(20)21-16(2,3)4/h12-14,17H,6-11H2,1-5H3. The van der Waals surface area contributed by atoms with Crippen LogP contribution in [0.3, 0.4) is 0 Å². The molecular formula is C16H31N3O2. The van der Waals surface area contributed by atoms with Crippen molar-refractivity contribution in [2.75, 3.05) is 26.7 Å². The van der Waals surface area contributed by atoms with E-state index in [1.54, 1.807) is 0 Å². The van der Waals surface area contributed by atoms with Gasteiger partial charge in [-0.3, -0.25) is 0 Å². The maximum atomic E-state index is 12.3. The fourth-order valence-corrected chi connectivity index (χ4v) is 3.22. The van der Waals surface area contributed by atoms with Crippen LogP contribution < -0.4 is 5.32 Å². The average molecular weight is 297 g/mol. The summed E-state index contributed by atoms with van der Waals surface area (Å²) in [6.45, 7) is 10.9. The lowest BCUT2D eigenvalue weighted by molar-refractivity contribution is 0.00780. The summed E-state index contributed by atoms with van der Waals surface area (Å²) in [5.74, 6) is 0. The number of nitrogens with one attached hydrogen (secondary N) is 1. The third-order valence-electron chi connectivity index (χ3n) is 4.37. The van der Waals surface area contributed by atoms with Crippen LogP contribution in [0.2, 0.25) is 0 Å². The van der Waals surface area contributed by atoms with Crippen LogP contribution in [-0.4, -0.2) is 66.3 Å². The second kappa shape index (κ2) is 6.53. The normalized spacial score (nSPS) is 31.5. The summed E-state index contributed by atoms with van der Waals surface area (Å²) in [5, 5.41) is 3.73. The fraction of sp³-hybridized carbons (Fsp3) is 0.938. The molecule has 0 aliphatic carbocycles. The molecule has 5 heteroatoms. The minimum absolute atomic E-state index is 0.176. The molecule has 0 spiro atoms. The molecule has 122 valence electrons. The van der Waals surface area contributed by atoms with Gasteiger partial charge in [0.2, 0.25) is 0 Å². The lowest BCUT2D eigenvalue weighted by Gasteiger charge is -2.39. The van der Waals surface area contributed by atoms with Gasteiger partial charge in [-0.15, -0.1) is 0 Å². The lowest BCUT2D eigenvalue weighted by Crippen LogP contribution is -2.55. The van der Waals surface area contributed by atoms with Crippen molar-refractivity contribution in [2.24, 2.45) is 0 Å². The molecule has 0 aromatic carbocycles. The first-order valence-electron chi connectivity index (χ1n) is 8.19. The number of hydrogen-bond donors (Lipinski definition) is 1. The maximum absolute atomic E-state index is 12.3. The molecule has 1 amide bonds. The number of ether oxygens (including phenoxy) is 1. The van der Waals surface area contributed by atoms with Crippen molar-refractivity contribution in [3.05, 3.63) is 0 Å². The zero-order chi connectivity index (χ0) is 15.6. The van der Waals surface area contributed by atoms with Crippen LogP contribution in [0.15, 0.2) is 0 Å². The molecule has 0 aromatic rings. The number of piperidine rings is 1. The van der Waals surface area contributed by atoms with Crippen LogP contribution in [0.25, 0.3) is 0 Å². The number of carbonyl (C=O) groups excluding carboxylic acids is 1. The molecule has 3 unspecified atom stereocenters. The Morgan fingerprint density at radius 1 is 1.14 bits per heavy atom. The van der Waals surface area contributed by atoms with Gasteiger partial charge in [-0.2, -0.15) is 0 Å². The van der Waals surface area contributed by atoms with Crippen LogP contribution in [0, 0.1) is 0 Å². The lowest BCUT2D eigenvalue weighted by atomic mass is 9.99. The van der Waals surface area contributed by atoms with Crippen LogP contribution in [-0.2, 0) is 4.74 Å². The predicted molar refractivity (Wildman–Crippen MR) is 84.5 cm³/mol. The van der Waals surface area contributed by atoms with Crippen molar-refractivity contribution in [2.45, 2.75) is 70.7 Å². The van der Waals surface area contributed by atoms with Crippen molar-refractivity contribution in [1.82, 2.24) is 15.1 Å². The second-order valence-corrected chi connectivity index (χ2v) is 7.67. The van der Waals surface area contributed by atoms with Gasteiger partial charge in [0.05, 0.1) is 0 Å². The van der Waals surface area contributed by atoms with Crippen LogP contribution in [0.1, 0.15) is 47.0 Å². The Kier molecular flexibility index (Phi) is 5.15. The van der Waals surface area contributed by atoms with Gasteiger partial charge in [0, 0.05) is 31.2 Å². The summed E-state index contributed by atoms with van der Waals surface area (Å²) in [5.41, 5.74) is -0.425. The molecule has 0 aromatic heterocycles. The molecule has 0 saturated carbocycles. The molecule has 2 heterocycles. The minimum Gasteiger partial charge on any atom is -0.444 e. The third-order valence-corrected chi connectivity index (χ3v) is 4.37. The SMILES string of the molecule is CC1CCC(NC2CCN(C)C2)CN1C(=O)OC(C)(C)C. The molecule has 2 saturated heterocycles. The van der Waals surface area contributed by atoms with E-state index < -0.39 is 5.60 Å². The molecule has 0 radical (unpaired) electrons. The van der Waals surface area contributed by atoms with Gasteiger partial charge in [0.25, 0.3) is 0 Å². The van der Waals surface area contributed by atoms with Crippen molar-refractivity contribution in [3.63, 3.8) is 0 Å². The Bertz CT molecular complexity index is 367. The molecular weight excluding hydrogens is 266 g/mol. The summed E-state index contributed by atoms with van der Waals surface area (Å²) in [6, 6.07) is 1.23. The van der Waals surface area contributed by atoms with E-state index in [9.17, 15) is 4.79 Å². The minimum atomic E-state index is -0.425.